The summed E-state index contributed by atoms with van der Waals surface area (Å²) in [6, 6.07) is -0.460. The van der Waals surface area contributed by atoms with Crippen molar-refractivity contribution < 1.29 is 14.6 Å². The van der Waals surface area contributed by atoms with E-state index in [9.17, 15) is 9.90 Å². The maximum atomic E-state index is 11.3. The molecule has 4 N–H and O–H groups in total. The fraction of sp³-hybridized carbons (Fsp3) is 0.900. The Morgan fingerprint density at radius 3 is 2.60 bits per heavy atom. The van der Waals surface area contributed by atoms with Crippen LogP contribution in [-0.2, 0) is 9.53 Å². The van der Waals surface area contributed by atoms with Crippen LogP contribution >= 0.6 is 0 Å². The zero-order valence-corrected chi connectivity index (χ0v) is 9.27. The van der Waals surface area contributed by atoms with Crippen LogP contribution in [0.15, 0.2) is 0 Å². The van der Waals surface area contributed by atoms with E-state index < -0.39 is 12.1 Å². The Labute approximate surface area is 90.0 Å². The van der Waals surface area contributed by atoms with Gasteiger partial charge in [0.2, 0.25) is 5.91 Å². The molecular formula is C10H20N2O3. The molecule has 0 spiro atoms. The Morgan fingerprint density at radius 2 is 2.20 bits per heavy atom. The van der Waals surface area contributed by atoms with Crippen molar-refractivity contribution in [2.45, 2.75) is 51.0 Å². The van der Waals surface area contributed by atoms with E-state index in [4.69, 9.17) is 10.5 Å². The number of nitrogens with two attached hydrogens (primary N) is 1. The topological polar surface area (TPSA) is 84.6 Å². The number of amides is 1. The minimum atomic E-state index is -0.487. The first kappa shape index (κ1) is 12.4. The molecule has 0 aromatic carbocycles. The summed E-state index contributed by atoms with van der Waals surface area (Å²) < 4.78 is 5.43. The van der Waals surface area contributed by atoms with Crippen molar-refractivity contribution in [1.29, 1.82) is 0 Å². The summed E-state index contributed by atoms with van der Waals surface area (Å²) in [7, 11) is 0. The van der Waals surface area contributed by atoms with Crippen LogP contribution in [0, 0.1) is 0 Å². The molecule has 1 heterocycles. The number of aliphatic hydroxyl groups excluding tert-OH is 1. The summed E-state index contributed by atoms with van der Waals surface area (Å²) in [5, 5.41) is 12.1. The first-order valence-electron chi connectivity index (χ1n) is 5.36. The van der Waals surface area contributed by atoms with Gasteiger partial charge in [0.1, 0.15) is 0 Å². The Balaban J connectivity index is 2.29. The van der Waals surface area contributed by atoms with Crippen molar-refractivity contribution >= 4 is 5.91 Å². The SMILES string of the molecule is C[C@@H](N)C(=O)N[C@@H]1CC[C@@H]([C@@H](C)O)OC1. The van der Waals surface area contributed by atoms with Crippen LogP contribution in [0.4, 0.5) is 0 Å². The number of hydrogen-bond acceptors (Lipinski definition) is 4. The van der Waals surface area contributed by atoms with Gasteiger partial charge in [-0.05, 0) is 26.7 Å². The number of nitrogens with one attached hydrogen (secondary N) is 1. The molecule has 1 saturated heterocycles. The summed E-state index contributed by atoms with van der Waals surface area (Å²) in [5.41, 5.74) is 5.44. The van der Waals surface area contributed by atoms with Gasteiger partial charge < -0.3 is 20.9 Å². The van der Waals surface area contributed by atoms with Crippen molar-refractivity contribution in [3.63, 3.8) is 0 Å². The number of hydrogen-bond donors (Lipinski definition) is 3. The van der Waals surface area contributed by atoms with E-state index in [-0.39, 0.29) is 18.1 Å². The smallest absolute Gasteiger partial charge is 0.236 e. The van der Waals surface area contributed by atoms with Gasteiger partial charge in [-0.1, -0.05) is 0 Å². The summed E-state index contributed by atoms with van der Waals surface area (Å²) in [6.45, 7) is 3.82. The lowest BCUT2D eigenvalue weighted by molar-refractivity contribution is -0.125. The molecule has 15 heavy (non-hydrogen) atoms. The Kier molecular flexibility index (Phi) is 4.50. The van der Waals surface area contributed by atoms with Crippen LogP contribution in [-0.4, -0.2) is 41.9 Å². The molecular weight excluding hydrogens is 196 g/mol. The predicted molar refractivity (Wildman–Crippen MR) is 56.2 cm³/mol. The summed E-state index contributed by atoms with van der Waals surface area (Å²) >= 11 is 0. The average Bonchev–Trinajstić information content (AvgIpc) is 2.18. The first-order chi connectivity index (χ1) is 7.00. The normalized spacial score (nSPS) is 30.7. The standard InChI is InChI=1S/C10H20N2O3/c1-6(11)10(14)12-8-3-4-9(7(2)13)15-5-8/h6-9,13H,3-5,11H2,1-2H3,(H,12,14)/t6-,7-,8-,9+/m1/s1. The zero-order valence-electron chi connectivity index (χ0n) is 9.27. The molecule has 5 nitrogen and oxygen atoms in total. The molecule has 1 fully saturated rings. The van der Waals surface area contributed by atoms with Crippen LogP contribution in [0.1, 0.15) is 26.7 Å². The van der Waals surface area contributed by atoms with E-state index in [0.717, 1.165) is 12.8 Å². The average molecular weight is 216 g/mol. The third kappa shape index (κ3) is 3.77. The number of carbonyl (C=O) groups excluding carboxylic acids is 1. The first-order valence-corrected chi connectivity index (χ1v) is 5.36. The largest absolute Gasteiger partial charge is 0.391 e. The van der Waals surface area contributed by atoms with Crippen LogP contribution in [0.3, 0.4) is 0 Å². The summed E-state index contributed by atoms with van der Waals surface area (Å²) in [4.78, 5) is 11.3. The van der Waals surface area contributed by atoms with E-state index in [1.54, 1.807) is 13.8 Å². The van der Waals surface area contributed by atoms with Crippen LogP contribution in [0.25, 0.3) is 0 Å². The van der Waals surface area contributed by atoms with Gasteiger partial charge in [0, 0.05) is 0 Å². The second-order valence-corrected chi connectivity index (χ2v) is 4.18. The summed E-state index contributed by atoms with van der Waals surface area (Å²) in [5.74, 6) is -0.154. The molecule has 1 aliphatic rings. The highest BCUT2D eigenvalue weighted by Crippen LogP contribution is 2.16. The van der Waals surface area contributed by atoms with Gasteiger partial charge in [-0.2, -0.15) is 0 Å². The molecule has 0 unspecified atom stereocenters. The molecule has 0 aliphatic carbocycles. The number of aliphatic hydroxyl groups is 1. The van der Waals surface area contributed by atoms with Crippen molar-refractivity contribution in [2.75, 3.05) is 6.61 Å². The maximum absolute atomic E-state index is 11.3. The molecule has 5 heteroatoms. The Hall–Kier alpha value is -0.650. The van der Waals surface area contributed by atoms with Gasteiger partial charge in [-0.25, -0.2) is 0 Å². The Morgan fingerprint density at radius 1 is 1.53 bits per heavy atom. The Bertz CT molecular complexity index is 211. The quantitative estimate of drug-likeness (QED) is 0.587. The zero-order chi connectivity index (χ0) is 11.4. The third-order valence-corrected chi connectivity index (χ3v) is 2.61. The predicted octanol–water partition coefficient (Wildman–Crippen LogP) is -0.622. The highest BCUT2D eigenvalue weighted by Gasteiger charge is 2.26. The number of carbonyl (C=O) groups is 1. The van der Waals surface area contributed by atoms with Gasteiger partial charge in [-0.3, -0.25) is 4.79 Å². The lowest BCUT2D eigenvalue weighted by atomic mass is 10.0. The maximum Gasteiger partial charge on any atom is 0.236 e. The van der Waals surface area contributed by atoms with Crippen LogP contribution < -0.4 is 11.1 Å². The molecule has 1 rings (SSSR count). The molecule has 4 atom stereocenters. The minimum Gasteiger partial charge on any atom is -0.391 e. The van der Waals surface area contributed by atoms with Gasteiger partial charge in [0.15, 0.2) is 0 Å². The number of ether oxygens (including phenoxy) is 1. The molecule has 88 valence electrons. The fourth-order valence-corrected chi connectivity index (χ4v) is 1.60. The summed E-state index contributed by atoms with van der Waals surface area (Å²) in [6.07, 6.45) is 1.04. The highest BCUT2D eigenvalue weighted by atomic mass is 16.5. The van der Waals surface area contributed by atoms with E-state index in [0.29, 0.717) is 6.61 Å². The molecule has 0 radical (unpaired) electrons. The van der Waals surface area contributed by atoms with Crippen molar-refractivity contribution in [2.24, 2.45) is 5.73 Å². The molecule has 0 saturated carbocycles. The van der Waals surface area contributed by atoms with E-state index in [2.05, 4.69) is 5.32 Å². The second kappa shape index (κ2) is 5.44. The van der Waals surface area contributed by atoms with Gasteiger partial charge in [0.05, 0.1) is 30.9 Å². The van der Waals surface area contributed by atoms with Crippen molar-refractivity contribution in [3.8, 4) is 0 Å². The van der Waals surface area contributed by atoms with Crippen LogP contribution in [0.2, 0.25) is 0 Å². The molecule has 0 aromatic rings. The van der Waals surface area contributed by atoms with Gasteiger partial charge in [-0.15, -0.1) is 0 Å². The molecule has 0 bridgehead atoms. The van der Waals surface area contributed by atoms with Crippen molar-refractivity contribution in [1.82, 2.24) is 5.32 Å². The van der Waals surface area contributed by atoms with Crippen molar-refractivity contribution in [3.05, 3.63) is 0 Å². The molecule has 1 aliphatic heterocycles. The lowest BCUT2D eigenvalue weighted by Crippen LogP contribution is -2.49. The monoisotopic (exact) mass is 216 g/mol. The van der Waals surface area contributed by atoms with E-state index >= 15 is 0 Å². The molecule has 1 amide bonds. The minimum absolute atomic E-state index is 0.0264. The van der Waals surface area contributed by atoms with E-state index in [1.165, 1.54) is 0 Å². The second-order valence-electron chi connectivity index (χ2n) is 4.18. The fourth-order valence-electron chi connectivity index (χ4n) is 1.60. The van der Waals surface area contributed by atoms with Crippen LogP contribution in [0.5, 0.6) is 0 Å². The lowest BCUT2D eigenvalue weighted by Gasteiger charge is -2.31. The molecule has 0 aromatic heterocycles. The number of rotatable bonds is 3. The van der Waals surface area contributed by atoms with Gasteiger partial charge >= 0.3 is 0 Å². The van der Waals surface area contributed by atoms with Gasteiger partial charge in [0.25, 0.3) is 0 Å². The third-order valence-electron chi connectivity index (χ3n) is 2.61. The van der Waals surface area contributed by atoms with E-state index in [1.807, 2.05) is 0 Å². The highest BCUT2D eigenvalue weighted by molar-refractivity contribution is 5.81.